The van der Waals surface area contributed by atoms with Gasteiger partial charge in [-0.2, -0.15) is 0 Å². The number of hydrogen-bond donors (Lipinski definition) is 0. The fourth-order valence-electron chi connectivity index (χ4n) is 4.67. The van der Waals surface area contributed by atoms with Gasteiger partial charge in [0.25, 0.3) is 0 Å². The van der Waals surface area contributed by atoms with E-state index in [1.807, 2.05) is 0 Å². The molecule has 7 aromatic carbocycles. The zero-order valence-corrected chi connectivity index (χ0v) is 19.4. The third-order valence-corrected chi connectivity index (χ3v) is 6.20. The Hall–Kier alpha value is -5.14. The Morgan fingerprint density at radius 3 is 1.49 bits per heavy atom. The summed E-state index contributed by atoms with van der Waals surface area (Å²) in [6.45, 7) is 0. The predicted molar refractivity (Wildman–Crippen MR) is 165 cm³/mol. The van der Waals surface area contributed by atoms with Gasteiger partial charge in [0.05, 0.1) is 32.9 Å². The Morgan fingerprint density at radius 1 is 0.385 bits per heavy atom. The number of para-hydroxylation sites is 1. The highest BCUT2D eigenvalue weighted by molar-refractivity contribution is 6.26. The van der Waals surface area contributed by atoms with Crippen LogP contribution in [0.3, 0.4) is 0 Å². The van der Waals surface area contributed by atoms with Gasteiger partial charge in [0.15, 0.2) is 0 Å². The summed E-state index contributed by atoms with van der Waals surface area (Å²) in [5.74, 6) is 0. The van der Waals surface area contributed by atoms with Gasteiger partial charge in [-0.1, -0.05) is 127 Å². The monoisotopic (exact) mass is 520 g/mol. The molecule has 182 valence electrons. The fraction of sp³-hybridized carbons (Fsp3) is 0. The lowest BCUT2D eigenvalue weighted by Crippen LogP contribution is -1.92. The van der Waals surface area contributed by atoms with Crippen molar-refractivity contribution >= 4 is 43.5 Å². The topological polar surface area (TPSA) is 13.1 Å². The van der Waals surface area contributed by atoms with Crippen LogP contribution < -0.4 is 0 Å². The maximum Gasteiger partial charge on any atom is 0.136 e. The molecule has 0 fully saturated rings. The van der Waals surface area contributed by atoms with Crippen LogP contribution in [0.15, 0.2) is 149 Å². The van der Waals surface area contributed by atoms with Crippen molar-refractivity contribution < 1.29 is 37.3 Å². The van der Waals surface area contributed by atoms with Gasteiger partial charge in [0.2, 0.25) is 0 Å². The number of fused-ring (bicyclic) bond motifs is 5. The van der Waals surface area contributed by atoms with E-state index in [4.69, 9.17) is 29.1 Å². The Labute approximate surface area is 260 Å². The van der Waals surface area contributed by atoms with Crippen LogP contribution in [-0.2, 0) is 0 Å². The van der Waals surface area contributed by atoms with Crippen molar-refractivity contribution in [1.82, 2.24) is 0 Å². The summed E-state index contributed by atoms with van der Waals surface area (Å²) in [4.78, 5) is 0. The average Bonchev–Trinajstić information content (AvgIpc) is 3.66. The summed E-state index contributed by atoms with van der Waals surface area (Å²) < 4.78 is 218. The molecule has 0 N–H and O–H groups in total. The molecule has 0 aliphatic carbocycles. The number of furan rings is 1. The average molecular weight is 521 g/mol. The van der Waals surface area contributed by atoms with Gasteiger partial charge >= 0.3 is 0 Å². The lowest BCUT2D eigenvalue weighted by atomic mass is 9.84. The summed E-state index contributed by atoms with van der Waals surface area (Å²) in [5, 5.41) is -3.83. The van der Waals surface area contributed by atoms with E-state index in [1.54, 1.807) is 0 Å². The number of hydrogen-bond acceptors (Lipinski definition) is 1. The van der Waals surface area contributed by atoms with E-state index in [2.05, 4.69) is 0 Å². The van der Waals surface area contributed by atoms with E-state index in [0.717, 1.165) is 0 Å². The molecule has 39 heavy (non-hydrogen) atoms. The van der Waals surface area contributed by atoms with Gasteiger partial charge in [-0.3, -0.25) is 0 Å². The second-order valence-electron chi connectivity index (χ2n) is 8.26. The van der Waals surface area contributed by atoms with Gasteiger partial charge in [-0.05, 0) is 73.1 Å². The minimum absolute atomic E-state index is 0.515. The van der Waals surface area contributed by atoms with Crippen LogP contribution in [0.25, 0.3) is 76.9 Å². The van der Waals surface area contributed by atoms with Crippen LogP contribution in [0, 0.1) is 0 Å². The fourth-order valence-corrected chi connectivity index (χ4v) is 4.67. The number of rotatable bonds is 3. The lowest BCUT2D eigenvalue weighted by Gasteiger charge is -2.19. The van der Waals surface area contributed by atoms with Crippen molar-refractivity contribution in [3.05, 3.63) is 145 Å². The van der Waals surface area contributed by atoms with Crippen LogP contribution in [-0.4, -0.2) is 0 Å². The van der Waals surface area contributed by atoms with Crippen LogP contribution in [0.4, 0.5) is 0 Å². The lowest BCUT2D eigenvalue weighted by molar-refractivity contribution is 0.669. The Bertz CT molecular complexity index is 3360. The third kappa shape index (κ3) is 3.41. The Kier molecular flexibility index (Phi) is 1.94. The summed E-state index contributed by atoms with van der Waals surface area (Å²) in [7, 11) is 0. The highest BCUT2D eigenvalue weighted by Gasteiger charge is 2.21. The first-order valence-electron chi connectivity index (χ1n) is 23.4. The van der Waals surface area contributed by atoms with E-state index < -0.39 is 222 Å². The molecule has 8 rings (SSSR count). The first-order valence-corrected chi connectivity index (χ1v) is 11.4. The molecule has 1 heterocycles. The largest absolute Gasteiger partial charge is 0.456 e. The maximum atomic E-state index is 9.92. The van der Waals surface area contributed by atoms with Gasteiger partial charge in [0, 0.05) is 10.8 Å². The van der Waals surface area contributed by atoms with Crippen molar-refractivity contribution in [2.45, 2.75) is 0 Å². The van der Waals surface area contributed by atoms with Gasteiger partial charge < -0.3 is 4.42 Å². The van der Waals surface area contributed by atoms with E-state index in [9.17, 15) is 8.22 Å². The standard InChI is InChI=1S/C38H24O/c1-3-13-25(14-4-1)27-23-33(38-32-21-11-12-22-34(32)39-35(38)24-27)37-30-19-9-7-17-28(30)36(26-15-5-2-6-16-26)29-18-8-10-20-31(29)37/h1-24H/i1D,2D,3D,4D,5D,6D,7D,8D,9D,10D,11D,12D,13D,14D,15D,16D,17D,18D,19D,20D,21D,22D,23D,24D. The normalized spacial score (nSPS) is 20.2. The molecule has 8 aromatic rings. The highest BCUT2D eigenvalue weighted by Crippen LogP contribution is 2.47. The minimum atomic E-state index is -0.987. The number of benzene rings is 7. The molecular formula is C38H24O. The summed E-state index contributed by atoms with van der Waals surface area (Å²) in [5.41, 5.74) is -5.63. The molecule has 0 unspecified atom stereocenters. The molecule has 1 nitrogen and oxygen atoms in total. The van der Waals surface area contributed by atoms with E-state index in [0.29, 0.717) is 0 Å². The second-order valence-corrected chi connectivity index (χ2v) is 8.26. The molecule has 0 saturated heterocycles. The van der Waals surface area contributed by atoms with Crippen LogP contribution in [0.5, 0.6) is 0 Å². The summed E-state index contributed by atoms with van der Waals surface area (Å²) in [6.07, 6.45) is 0. The second kappa shape index (κ2) is 8.72. The molecule has 0 aliphatic rings. The van der Waals surface area contributed by atoms with Gasteiger partial charge in [0.1, 0.15) is 11.2 Å². The zero-order valence-electron chi connectivity index (χ0n) is 43.4. The molecule has 1 heteroatoms. The van der Waals surface area contributed by atoms with Gasteiger partial charge in [-0.15, -0.1) is 0 Å². The summed E-state index contributed by atoms with van der Waals surface area (Å²) in [6, 6.07) is -21.9. The molecule has 0 aliphatic heterocycles. The molecule has 0 bridgehead atoms. The van der Waals surface area contributed by atoms with Crippen molar-refractivity contribution in [2.24, 2.45) is 0 Å². The molecule has 0 spiro atoms. The van der Waals surface area contributed by atoms with Crippen LogP contribution in [0.1, 0.15) is 32.9 Å². The van der Waals surface area contributed by atoms with Crippen LogP contribution in [0.2, 0.25) is 0 Å². The molecule has 0 radical (unpaired) electrons. The highest BCUT2D eigenvalue weighted by atomic mass is 16.3. The van der Waals surface area contributed by atoms with E-state index in [1.165, 1.54) is 0 Å². The molecular weight excluding hydrogens is 472 g/mol. The predicted octanol–water partition coefficient (Wildman–Crippen LogP) is 10.9. The summed E-state index contributed by atoms with van der Waals surface area (Å²) >= 11 is 0. The van der Waals surface area contributed by atoms with Crippen molar-refractivity contribution in [1.29, 1.82) is 0 Å². The molecule has 0 amide bonds. The van der Waals surface area contributed by atoms with Crippen molar-refractivity contribution in [3.8, 4) is 33.4 Å². The van der Waals surface area contributed by atoms with Crippen molar-refractivity contribution in [3.63, 3.8) is 0 Å². The van der Waals surface area contributed by atoms with Crippen molar-refractivity contribution in [2.75, 3.05) is 0 Å². The zero-order chi connectivity index (χ0) is 46.6. The molecule has 0 atom stereocenters. The van der Waals surface area contributed by atoms with Crippen LogP contribution >= 0.6 is 0 Å². The first kappa shape index (κ1) is 8.69. The quantitative estimate of drug-likeness (QED) is 0.211. The minimum Gasteiger partial charge on any atom is -0.456 e. The third-order valence-electron chi connectivity index (χ3n) is 6.20. The Balaban J connectivity index is 1.85. The Morgan fingerprint density at radius 2 is 0.872 bits per heavy atom. The SMILES string of the molecule is [2H]c1c([2H])c([2H])c(-c2c([2H])c(-c3c4c([2H])c([2H])c([2H])c([2H])c4c(-c4c([2H])c([2H])c([2H])c([2H])c4[2H])c4c([2H])c([2H])c([2H])c([2H])c34)c3c(oc4c([2H])c([2H])c([2H])c([2H])c43)c2[2H])c([2H])c1[2H]. The smallest absolute Gasteiger partial charge is 0.136 e. The van der Waals surface area contributed by atoms with E-state index in [-0.39, 0.29) is 0 Å². The molecule has 0 saturated carbocycles. The maximum absolute atomic E-state index is 9.92. The van der Waals surface area contributed by atoms with Gasteiger partial charge in [-0.25, -0.2) is 0 Å². The molecule has 1 aromatic heterocycles. The first-order chi connectivity index (χ1) is 29.3. The van der Waals surface area contributed by atoms with E-state index >= 15 is 0 Å².